The first kappa shape index (κ1) is 19.4. The predicted octanol–water partition coefficient (Wildman–Crippen LogP) is 2.33. The molecule has 0 atom stereocenters. The molecule has 28 heavy (non-hydrogen) atoms. The van der Waals surface area contributed by atoms with Crippen molar-refractivity contribution in [3.63, 3.8) is 0 Å². The molecular weight excluding hydrogens is 418 g/mol. The van der Waals surface area contributed by atoms with Crippen LogP contribution in [0, 0.1) is 13.8 Å². The van der Waals surface area contributed by atoms with Crippen LogP contribution in [0.3, 0.4) is 0 Å². The lowest BCUT2D eigenvalue weighted by Gasteiger charge is -2.37. The molecule has 150 valence electrons. The Morgan fingerprint density at radius 3 is 2.14 bits per heavy atom. The normalized spacial score (nSPS) is 18.6. The lowest BCUT2D eigenvalue weighted by molar-refractivity contribution is 0.311. The van der Waals surface area contributed by atoms with E-state index >= 15 is 0 Å². The SMILES string of the molecule is Cc1cc(N2CCN(c3ncc(Br)cc3C)CC2)nc(N2CCN(C)CC2)n1. The zero-order chi connectivity index (χ0) is 19.7. The number of halogens is 1. The molecule has 2 aliphatic rings. The number of aryl methyl sites for hydroxylation is 2. The Bertz CT molecular complexity index is 827. The molecule has 0 aromatic carbocycles. The molecule has 0 N–H and O–H groups in total. The maximum absolute atomic E-state index is 4.91. The molecular formula is C20H28BrN7. The molecule has 0 radical (unpaired) electrons. The average Bonchev–Trinajstić information content (AvgIpc) is 2.68. The van der Waals surface area contributed by atoms with Crippen LogP contribution >= 0.6 is 15.9 Å². The Kier molecular flexibility index (Phi) is 5.68. The van der Waals surface area contributed by atoms with Gasteiger partial charge in [0.2, 0.25) is 5.95 Å². The van der Waals surface area contributed by atoms with Crippen molar-refractivity contribution in [2.24, 2.45) is 0 Å². The molecule has 0 amide bonds. The summed E-state index contributed by atoms with van der Waals surface area (Å²) in [5.41, 5.74) is 2.24. The van der Waals surface area contributed by atoms with Crippen LogP contribution in [-0.2, 0) is 0 Å². The predicted molar refractivity (Wildman–Crippen MR) is 118 cm³/mol. The van der Waals surface area contributed by atoms with Crippen LogP contribution in [-0.4, -0.2) is 79.3 Å². The molecule has 0 spiro atoms. The first-order chi connectivity index (χ1) is 13.5. The molecule has 2 aliphatic heterocycles. The summed E-state index contributed by atoms with van der Waals surface area (Å²) in [6.07, 6.45) is 1.88. The summed E-state index contributed by atoms with van der Waals surface area (Å²) in [5, 5.41) is 0. The Hall–Kier alpha value is -1.93. The number of aromatic nitrogens is 3. The van der Waals surface area contributed by atoms with E-state index in [1.807, 2.05) is 6.20 Å². The third-order valence-corrected chi connectivity index (χ3v) is 5.97. The fourth-order valence-electron chi connectivity index (χ4n) is 3.86. The number of nitrogens with zero attached hydrogens (tertiary/aromatic N) is 7. The van der Waals surface area contributed by atoms with Crippen molar-refractivity contribution in [3.8, 4) is 0 Å². The van der Waals surface area contributed by atoms with E-state index in [1.165, 1.54) is 5.56 Å². The minimum Gasteiger partial charge on any atom is -0.353 e. The Balaban J connectivity index is 1.45. The highest BCUT2D eigenvalue weighted by atomic mass is 79.9. The van der Waals surface area contributed by atoms with Crippen molar-refractivity contribution in [1.29, 1.82) is 0 Å². The summed E-state index contributed by atoms with van der Waals surface area (Å²) in [5.74, 6) is 3.00. The Morgan fingerprint density at radius 2 is 1.46 bits per heavy atom. The van der Waals surface area contributed by atoms with Gasteiger partial charge in [0.25, 0.3) is 0 Å². The fourth-order valence-corrected chi connectivity index (χ4v) is 4.30. The highest BCUT2D eigenvalue weighted by molar-refractivity contribution is 9.10. The highest BCUT2D eigenvalue weighted by Gasteiger charge is 2.23. The van der Waals surface area contributed by atoms with Crippen LogP contribution in [0.2, 0.25) is 0 Å². The van der Waals surface area contributed by atoms with Crippen LogP contribution < -0.4 is 14.7 Å². The number of pyridine rings is 1. The molecule has 8 heteroatoms. The number of rotatable bonds is 3. The average molecular weight is 446 g/mol. The Morgan fingerprint density at radius 1 is 0.821 bits per heavy atom. The van der Waals surface area contributed by atoms with Crippen molar-refractivity contribution < 1.29 is 0 Å². The molecule has 7 nitrogen and oxygen atoms in total. The number of hydrogen-bond donors (Lipinski definition) is 0. The fraction of sp³-hybridized carbons (Fsp3) is 0.550. The molecule has 2 aromatic heterocycles. The van der Waals surface area contributed by atoms with Crippen molar-refractivity contribution >= 4 is 33.5 Å². The van der Waals surface area contributed by atoms with Crippen LogP contribution in [0.4, 0.5) is 17.6 Å². The maximum atomic E-state index is 4.91. The molecule has 4 heterocycles. The second kappa shape index (κ2) is 8.21. The van der Waals surface area contributed by atoms with Crippen LogP contribution in [0.5, 0.6) is 0 Å². The largest absolute Gasteiger partial charge is 0.353 e. The van der Waals surface area contributed by atoms with E-state index in [0.29, 0.717) is 0 Å². The second-order valence-corrected chi connectivity index (χ2v) is 8.64. The minimum absolute atomic E-state index is 0.871. The molecule has 2 aromatic rings. The molecule has 0 unspecified atom stereocenters. The zero-order valence-corrected chi connectivity index (χ0v) is 18.5. The molecule has 2 fully saturated rings. The maximum Gasteiger partial charge on any atom is 0.227 e. The summed E-state index contributed by atoms with van der Waals surface area (Å²) in [6, 6.07) is 4.24. The van der Waals surface area contributed by atoms with Gasteiger partial charge in [-0.05, 0) is 48.5 Å². The lowest BCUT2D eigenvalue weighted by Crippen LogP contribution is -2.48. The number of likely N-dealkylation sites (N-methyl/N-ethyl adjacent to an activating group) is 1. The van der Waals surface area contributed by atoms with Gasteiger partial charge in [-0.25, -0.2) is 9.97 Å². The van der Waals surface area contributed by atoms with E-state index in [4.69, 9.17) is 9.97 Å². The molecule has 4 rings (SSSR count). The summed E-state index contributed by atoms with van der Waals surface area (Å²) in [7, 11) is 2.17. The summed E-state index contributed by atoms with van der Waals surface area (Å²) >= 11 is 3.50. The van der Waals surface area contributed by atoms with Crippen LogP contribution in [0.1, 0.15) is 11.3 Å². The van der Waals surface area contributed by atoms with Crippen LogP contribution in [0.15, 0.2) is 22.8 Å². The molecule has 2 saturated heterocycles. The van der Waals surface area contributed by atoms with Gasteiger partial charge in [0.1, 0.15) is 11.6 Å². The topological polar surface area (TPSA) is 51.6 Å². The molecule has 0 aliphatic carbocycles. The van der Waals surface area contributed by atoms with E-state index in [2.05, 4.69) is 73.5 Å². The minimum atomic E-state index is 0.871. The third-order valence-electron chi connectivity index (χ3n) is 5.54. The molecule has 0 bridgehead atoms. The smallest absolute Gasteiger partial charge is 0.227 e. The molecule has 0 saturated carbocycles. The zero-order valence-electron chi connectivity index (χ0n) is 16.9. The number of hydrogen-bond acceptors (Lipinski definition) is 7. The number of piperazine rings is 2. The van der Waals surface area contributed by atoms with Gasteiger partial charge in [0.05, 0.1) is 0 Å². The van der Waals surface area contributed by atoms with E-state index < -0.39 is 0 Å². The standard InChI is InChI=1S/C20H28BrN7/c1-15-12-17(21)14-22-19(15)27-10-8-26(9-11-27)18-13-16(2)23-20(24-18)28-6-4-25(3)5-7-28/h12-14H,4-11H2,1-3H3. The van der Waals surface area contributed by atoms with Gasteiger partial charge >= 0.3 is 0 Å². The number of anilines is 3. The van der Waals surface area contributed by atoms with Gasteiger partial charge in [-0.2, -0.15) is 4.98 Å². The van der Waals surface area contributed by atoms with Crippen molar-refractivity contribution in [1.82, 2.24) is 19.9 Å². The quantitative estimate of drug-likeness (QED) is 0.718. The van der Waals surface area contributed by atoms with Gasteiger partial charge in [-0.1, -0.05) is 0 Å². The summed E-state index contributed by atoms with van der Waals surface area (Å²) < 4.78 is 1.03. The second-order valence-electron chi connectivity index (χ2n) is 7.73. The van der Waals surface area contributed by atoms with E-state index in [9.17, 15) is 0 Å². The van der Waals surface area contributed by atoms with Gasteiger partial charge in [-0.15, -0.1) is 0 Å². The first-order valence-corrected chi connectivity index (χ1v) is 10.7. The third kappa shape index (κ3) is 4.22. The van der Waals surface area contributed by atoms with Gasteiger partial charge in [-0.3, -0.25) is 0 Å². The summed E-state index contributed by atoms with van der Waals surface area (Å²) in [4.78, 5) is 23.6. The van der Waals surface area contributed by atoms with E-state index in [0.717, 1.165) is 80.1 Å². The van der Waals surface area contributed by atoms with Crippen molar-refractivity contribution in [3.05, 3.63) is 34.1 Å². The van der Waals surface area contributed by atoms with Crippen LogP contribution in [0.25, 0.3) is 0 Å². The highest BCUT2D eigenvalue weighted by Crippen LogP contribution is 2.24. The Labute approximate surface area is 175 Å². The van der Waals surface area contributed by atoms with Gasteiger partial charge in [0.15, 0.2) is 0 Å². The van der Waals surface area contributed by atoms with Gasteiger partial charge in [0, 0.05) is 74.8 Å². The monoisotopic (exact) mass is 445 g/mol. The van der Waals surface area contributed by atoms with Crippen molar-refractivity contribution in [2.75, 3.05) is 74.1 Å². The van der Waals surface area contributed by atoms with E-state index in [-0.39, 0.29) is 0 Å². The summed E-state index contributed by atoms with van der Waals surface area (Å²) in [6.45, 7) is 12.1. The van der Waals surface area contributed by atoms with Crippen molar-refractivity contribution in [2.45, 2.75) is 13.8 Å². The lowest BCUT2D eigenvalue weighted by atomic mass is 10.2. The van der Waals surface area contributed by atoms with Gasteiger partial charge < -0.3 is 19.6 Å². The first-order valence-electron chi connectivity index (χ1n) is 9.91. The van der Waals surface area contributed by atoms with E-state index in [1.54, 1.807) is 0 Å².